The lowest BCUT2D eigenvalue weighted by Crippen LogP contribution is -2.30. The molecule has 0 amide bonds. The first-order chi connectivity index (χ1) is 8.84. The van der Waals surface area contributed by atoms with Gasteiger partial charge in [0, 0.05) is 24.3 Å². The molecular weight excluding hydrogens is 222 g/mol. The van der Waals surface area contributed by atoms with Crippen molar-refractivity contribution >= 4 is 5.95 Å². The summed E-state index contributed by atoms with van der Waals surface area (Å²) < 4.78 is 0. The van der Waals surface area contributed by atoms with Crippen molar-refractivity contribution in [3.63, 3.8) is 0 Å². The molecule has 0 aliphatic carbocycles. The first kappa shape index (κ1) is 11.3. The molecule has 1 aliphatic heterocycles. The SMILES string of the molecule is Cc1[nH]c(N2CCCCC2)nc1-c1ccccc1. The van der Waals surface area contributed by atoms with Gasteiger partial charge in [-0.3, -0.25) is 0 Å². The van der Waals surface area contributed by atoms with Gasteiger partial charge in [-0.2, -0.15) is 0 Å². The molecule has 3 heteroatoms. The molecule has 0 bridgehead atoms. The number of benzene rings is 1. The molecule has 1 saturated heterocycles. The summed E-state index contributed by atoms with van der Waals surface area (Å²) in [5.41, 5.74) is 3.42. The van der Waals surface area contributed by atoms with Crippen molar-refractivity contribution in [2.45, 2.75) is 26.2 Å². The van der Waals surface area contributed by atoms with E-state index in [9.17, 15) is 0 Å². The van der Waals surface area contributed by atoms with Crippen LogP contribution >= 0.6 is 0 Å². The van der Waals surface area contributed by atoms with Gasteiger partial charge < -0.3 is 9.88 Å². The van der Waals surface area contributed by atoms with E-state index in [-0.39, 0.29) is 0 Å². The van der Waals surface area contributed by atoms with Crippen molar-refractivity contribution < 1.29 is 0 Å². The van der Waals surface area contributed by atoms with Crippen molar-refractivity contribution in [3.05, 3.63) is 36.0 Å². The van der Waals surface area contributed by atoms with Gasteiger partial charge in [-0.05, 0) is 26.2 Å². The summed E-state index contributed by atoms with van der Waals surface area (Å²) in [6, 6.07) is 10.4. The summed E-state index contributed by atoms with van der Waals surface area (Å²) >= 11 is 0. The minimum atomic E-state index is 1.03. The van der Waals surface area contributed by atoms with Gasteiger partial charge in [0.2, 0.25) is 5.95 Å². The maximum Gasteiger partial charge on any atom is 0.203 e. The summed E-state index contributed by atoms with van der Waals surface area (Å²) in [5, 5.41) is 0. The predicted octanol–water partition coefficient (Wildman–Crippen LogP) is 3.38. The molecule has 1 N–H and O–H groups in total. The van der Waals surface area contributed by atoms with Crippen LogP contribution in [-0.4, -0.2) is 23.1 Å². The Kier molecular flexibility index (Phi) is 3.05. The second-order valence-electron chi connectivity index (χ2n) is 4.95. The molecule has 2 aromatic rings. The standard InChI is InChI=1S/C15H19N3/c1-12-14(13-8-4-2-5-9-13)17-15(16-12)18-10-6-3-7-11-18/h2,4-5,8-9H,3,6-7,10-11H2,1H3,(H,16,17). The number of hydrogen-bond acceptors (Lipinski definition) is 2. The zero-order valence-corrected chi connectivity index (χ0v) is 10.8. The van der Waals surface area contributed by atoms with E-state index in [0.29, 0.717) is 0 Å². The monoisotopic (exact) mass is 241 g/mol. The fourth-order valence-electron chi connectivity index (χ4n) is 2.58. The van der Waals surface area contributed by atoms with E-state index >= 15 is 0 Å². The van der Waals surface area contributed by atoms with Gasteiger partial charge in [0.1, 0.15) is 0 Å². The number of imidazole rings is 1. The normalized spacial score (nSPS) is 15.9. The Bertz CT molecular complexity index is 510. The van der Waals surface area contributed by atoms with Crippen molar-refractivity contribution in [1.82, 2.24) is 9.97 Å². The minimum absolute atomic E-state index is 1.03. The lowest BCUT2D eigenvalue weighted by Gasteiger charge is -2.25. The summed E-state index contributed by atoms with van der Waals surface area (Å²) in [5.74, 6) is 1.03. The maximum absolute atomic E-state index is 4.77. The quantitative estimate of drug-likeness (QED) is 0.874. The first-order valence-corrected chi connectivity index (χ1v) is 6.71. The third-order valence-electron chi connectivity index (χ3n) is 3.58. The Labute approximate surface area is 108 Å². The Morgan fingerprint density at radius 3 is 2.50 bits per heavy atom. The Balaban J connectivity index is 1.91. The van der Waals surface area contributed by atoms with Crippen LogP contribution in [0.25, 0.3) is 11.3 Å². The van der Waals surface area contributed by atoms with Crippen LogP contribution in [0.1, 0.15) is 25.0 Å². The Morgan fingerprint density at radius 1 is 1.06 bits per heavy atom. The minimum Gasteiger partial charge on any atom is -0.342 e. The van der Waals surface area contributed by atoms with Gasteiger partial charge in [-0.25, -0.2) is 4.98 Å². The number of aryl methyl sites for hydroxylation is 1. The number of rotatable bonds is 2. The molecule has 1 aromatic carbocycles. The van der Waals surface area contributed by atoms with Crippen LogP contribution in [0.15, 0.2) is 30.3 Å². The van der Waals surface area contributed by atoms with E-state index < -0.39 is 0 Å². The van der Waals surface area contributed by atoms with Crippen molar-refractivity contribution in [2.24, 2.45) is 0 Å². The largest absolute Gasteiger partial charge is 0.342 e. The highest BCUT2D eigenvalue weighted by Crippen LogP contribution is 2.25. The van der Waals surface area contributed by atoms with Crippen LogP contribution in [-0.2, 0) is 0 Å². The average molecular weight is 241 g/mol. The molecule has 1 aliphatic rings. The fraction of sp³-hybridized carbons (Fsp3) is 0.400. The van der Waals surface area contributed by atoms with E-state index in [1.54, 1.807) is 0 Å². The summed E-state index contributed by atoms with van der Waals surface area (Å²) in [4.78, 5) is 10.6. The van der Waals surface area contributed by atoms with Gasteiger partial charge in [-0.1, -0.05) is 30.3 Å². The van der Waals surface area contributed by atoms with E-state index in [2.05, 4.69) is 41.1 Å². The van der Waals surface area contributed by atoms with Crippen LogP contribution in [0.5, 0.6) is 0 Å². The molecule has 18 heavy (non-hydrogen) atoms. The summed E-state index contributed by atoms with van der Waals surface area (Å²) in [6.07, 6.45) is 3.91. The molecule has 3 nitrogen and oxygen atoms in total. The number of hydrogen-bond donors (Lipinski definition) is 1. The highest BCUT2D eigenvalue weighted by molar-refractivity contribution is 5.64. The first-order valence-electron chi connectivity index (χ1n) is 6.71. The highest BCUT2D eigenvalue weighted by atomic mass is 15.3. The summed E-state index contributed by atoms with van der Waals surface area (Å²) in [7, 11) is 0. The fourth-order valence-corrected chi connectivity index (χ4v) is 2.58. The van der Waals surface area contributed by atoms with E-state index in [1.807, 2.05) is 6.07 Å². The van der Waals surface area contributed by atoms with Crippen LogP contribution in [0.3, 0.4) is 0 Å². The van der Waals surface area contributed by atoms with E-state index in [1.165, 1.54) is 24.8 Å². The Hall–Kier alpha value is -1.77. The van der Waals surface area contributed by atoms with E-state index in [4.69, 9.17) is 4.98 Å². The van der Waals surface area contributed by atoms with Gasteiger partial charge >= 0.3 is 0 Å². The molecule has 1 fully saturated rings. The molecule has 0 unspecified atom stereocenters. The van der Waals surface area contributed by atoms with Crippen molar-refractivity contribution in [1.29, 1.82) is 0 Å². The van der Waals surface area contributed by atoms with Crippen molar-refractivity contribution in [3.8, 4) is 11.3 Å². The van der Waals surface area contributed by atoms with Crippen molar-refractivity contribution in [2.75, 3.05) is 18.0 Å². The average Bonchev–Trinajstić information content (AvgIpc) is 2.83. The highest BCUT2D eigenvalue weighted by Gasteiger charge is 2.16. The molecule has 3 rings (SSSR count). The number of nitrogens with zero attached hydrogens (tertiary/aromatic N) is 2. The van der Waals surface area contributed by atoms with Gasteiger partial charge in [0.25, 0.3) is 0 Å². The second-order valence-corrected chi connectivity index (χ2v) is 4.95. The van der Waals surface area contributed by atoms with E-state index in [0.717, 1.165) is 30.4 Å². The third-order valence-corrected chi connectivity index (χ3v) is 3.58. The zero-order chi connectivity index (χ0) is 12.4. The second kappa shape index (κ2) is 4.84. The molecule has 0 spiro atoms. The topological polar surface area (TPSA) is 31.9 Å². The maximum atomic E-state index is 4.77. The zero-order valence-electron chi connectivity index (χ0n) is 10.8. The third kappa shape index (κ3) is 2.13. The number of aromatic nitrogens is 2. The molecule has 0 radical (unpaired) electrons. The van der Waals surface area contributed by atoms with Gasteiger partial charge in [0.05, 0.1) is 5.69 Å². The molecular formula is C15H19N3. The number of nitrogens with one attached hydrogen (secondary N) is 1. The number of aromatic amines is 1. The number of H-pyrrole nitrogens is 1. The molecule has 1 aromatic heterocycles. The van der Waals surface area contributed by atoms with Crippen LogP contribution in [0, 0.1) is 6.92 Å². The van der Waals surface area contributed by atoms with Gasteiger partial charge in [0.15, 0.2) is 0 Å². The Morgan fingerprint density at radius 2 is 1.78 bits per heavy atom. The van der Waals surface area contributed by atoms with Gasteiger partial charge in [-0.15, -0.1) is 0 Å². The summed E-state index contributed by atoms with van der Waals surface area (Å²) in [6.45, 7) is 4.35. The van der Waals surface area contributed by atoms with Crippen LogP contribution < -0.4 is 4.90 Å². The lowest BCUT2D eigenvalue weighted by atomic mass is 10.1. The van der Waals surface area contributed by atoms with Crippen LogP contribution in [0.2, 0.25) is 0 Å². The molecule has 2 heterocycles. The number of piperidine rings is 1. The predicted molar refractivity (Wildman–Crippen MR) is 74.8 cm³/mol. The smallest absolute Gasteiger partial charge is 0.203 e. The lowest BCUT2D eigenvalue weighted by molar-refractivity contribution is 0.570. The molecule has 94 valence electrons. The number of anilines is 1. The molecule has 0 saturated carbocycles. The molecule has 0 atom stereocenters. The van der Waals surface area contributed by atoms with Crippen LogP contribution in [0.4, 0.5) is 5.95 Å².